The molecule has 9 heteroatoms. The minimum Gasteiger partial charge on any atom is -0.320 e. The maximum atomic E-state index is 13.5. The number of alkyl halides is 1. The van der Waals surface area contributed by atoms with Crippen molar-refractivity contribution in [3.8, 4) is 12.1 Å². The Bertz CT molecular complexity index is 873. The predicted octanol–water partition coefficient (Wildman–Crippen LogP) is 2.01. The van der Waals surface area contributed by atoms with Gasteiger partial charge in [0.1, 0.15) is 23.7 Å². The zero-order chi connectivity index (χ0) is 17.0. The molecule has 0 atom stereocenters. The van der Waals surface area contributed by atoms with Crippen molar-refractivity contribution in [2.24, 2.45) is 0 Å². The first-order chi connectivity index (χ1) is 11.0. The Hall–Kier alpha value is -3.04. The number of anilines is 1. The van der Waals surface area contributed by atoms with Gasteiger partial charge in [0.05, 0.1) is 22.7 Å². The number of rotatable bonds is 4. The Morgan fingerprint density at radius 3 is 2.65 bits per heavy atom. The van der Waals surface area contributed by atoms with Crippen LogP contribution in [0, 0.1) is 28.5 Å². The minimum absolute atomic E-state index is 0.0361. The summed E-state index contributed by atoms with van der Waals surface area (Å²) in [5.41, 5.74) is -0.961. The highest BCUT2D eigenvalue weighted by atomic mass is 32.1. The summed E-state index contributed by atoms with van der Waals surface area (Å²) in [6.45, 7) is -1.20. The summed E-state index contributed by atoms with van der Waals surface area (Å²) in [4.78, 5) is 23.7. The number of hydrogen-bond acceptors (Lipinski definition) is 5. The van der Waals surface area contributed by atoms with Crippen molar-refractivity contribution in [2.45, 2.75) is 6.54 Å². The number of nitrogens with zero attached hydrogens (tertiary/aromatic N) is 3. The molecule has 1 N–H and O–H groups in total. The monoisotopic (exact) mass is 334 g/mol. The SMILES string of the molecule is N#Cc1cc(C(=O)Nc2cc(F)c(=O)n(CCF)c2)sc1C#N. The zero-order valence-corrected chi connectivity index (χ0v) is 12.3. The Morgan fingerprint density at radius 2 is 2.09 bits per heavy atom. The third-order valence-electron chi connectivity index (χ3n) is 2.80. The van der Waals surface area contributed by atoms with E-state index in [1.165, 1.54) is 6.07 Å². The Balaban J connectivity index is 2.31. The van der Waals surface area contributed by atoms with Crippen LogP contribution in [0.4, 0.5) is 14.5 Å². The Morgan fingerprint density at radius 1 is 1.35 bits per heavy atom. The molecular weight excluding hydrogens is 326 g/mol. The molecule has 0 fully saturated rings. The molecule has 116 valence electrons. The molecule has 0 unspecified atom stereocenters. The summed E-state index contributed by atoms with van der Waals surface area (Å²) in [5, 5.41) is 20.0. The van der Waals surface area contributed by atoms with Gasteiger partial charge in [-0.1, -0.05) is 0 Å². The molecule has 2 aromatic heterocycles. The van der Waals surface area contributed by atoms with Crippen LogP contribution in [-0.4, -0.2) is 17.1 Å². The number of carbonyl (C=O) groups excluding carboxylic acids is 1. The molecule has 0 saturated carbocycles. The van der Waals surface area contributed by atoms with Gasteiger partial charge < -0.3 is 9.88 Å². The van der Waals surface area contributed by atoms with E-state index in [4.69, 9.17) is 10.5 Å². The zero-order valence-electron chi connectivity index (χ0n) is 11.5. The second-order valence-corrected chi connectivity index (χ2v) is 5.35. The topological polar surface area (TPSA) is 98.7 Å². The highest BCUT2D eigenvalue weighted by Crippen LogP contribution is 2.22. The fourth-order valence-electron chi connectivity index (χ4n) is 1.79. The van der Waals surface area contributed by atoms with Gasteiger partial charge >= 0.3 is 0 Å². The number of amides is 1. The van der Waals surface area contributed by atoms with E-state index in [0.717, 1.165) is 28.2 Å². The minimum atomic E-state index is -1.13. The summed E-state index contributed by atoms with van der Waals surface area (Å²) in [5.74, 6) is -1.80. The number of hydrogen-bond donors (Lipinski definition) is 1. The molecule has 2 aromatic rings. The Labute approximate surface area is 132 Å². The molecular formula is C14H8F2N4O2S. The molecule has 23 heavy (non-hydrogen) atoms. The van der Waals surface area contributed by atoms with Gasteiger partial charge in [-0.3, -0.25) is 9.59 Å². The van der Waals surface area contributed by atoms with E-state index in [1.807, 2.05) is 0 Å². The van der Waals surface area contributed by atoms with Crippen molar-refractivity contribution in [1.82, 2.24) is 4.57 Å². The first-order valence-electron chi connectivity index (χ1n) is 6.21. The molecule has 0 bridgehead atoms. The summed E-state index contributed by atoms with van der Waals surface area (Å²) >= 11 is 0.815. The van der Waals surface area contributed by atoms with Crippen molar-refractivity contribution >= 4 is 22.9 Å². The standard InChI is InChI=1S/C14H8F2N4O2S/c15-1-2-20-7-9(4-10(16)14(20)22)19-13(21)11-3-8(5-17)12(6-18)23-11/h3-4,7H,1-2H2,(H,19,21). The van der Waals surface area contributed by atoms with Crippen molar-refractivity contribution in [1.29, 1.82) is 10.5 Å². The second-order valence-electron chi connectivity index (χ2n) is 4.30. The quantitative estimate of drug-likeness (QED) is 0.924. The second kappa shape index (κ2) is 6.81. The number of thiophene rings is 1. The van der Waals surface area contributed by atoms with E-state index >= 15 is 0 Å². The lowest BCUT2D eigenvalue weighted by Crippen LogP contribution is -2.24. The summed E-state index contributed by atoms with van der Waals surface area (Å²) in [6, 6.07) is 5.65. The average Bonchev–Trinajstić information content (AvgIpc) is 2.95. The Kier molecular flexibility index (Phi) is 4.84. The van der Waals surface area contributed by atoms with Gasteiger partial charge in [0.15, 0.2) is 5.82 Å². The van der Waals surface area contributed by atoms with Gasteiger partial charge in [-0.05, 0) is 6.07 Å². The normalized spacial score (nSPS) is 9.91. The smallest absolute Gasteiger partial charge is 0.286 e. The highest BCUT2D eigenvalue weighted by molar-refractivity contribution is 7.14. The first kappa shape index (κ1) is 16.3. The predicted molar refractivity (Wildman–Crippen MR) is 78.3 cm³/mol. The lowest BCUT2D eigenvalue weighted by Gasteiger charge is -2.08. The maximum Gasteiger partial charge on any atom is 0.286 e. The van der Waals surface area contributed by atoms with E-state index in [9.17, 15) is 18.4 Å². The molecule has 0 aliphatic carbocycles. The molecule has 0 aromatic carbocycles. The summed E-state index contributed by atoms with van der Waals surface area (Å²) < 4.78 is 26.7. The van der Waals surface area contributed by atoms with Crippen LogP contribution in [-0.2, 0) is 6.54 Å². The van der Waals surface area contributed by atoms with E-state index in [1.54, 1.807) is 12.1 Å². The van der Waals surface area contributed by atoms with E-state index < -0.39 is 24.0 Å². The number of aromatic nitrogens is 1. The van der Waals surface area contributed by atoms with Crippen LogP contribution < -0.4 is 10.9 Å². The van der Waals surface area contributed by atoms with Crippen LogP contribution in [0.3, 0.4) is 0 Å². The lowest BCUT2D eigenvalue weighted by atomic mass is 10.2. The van der Waals surface area contributed by atoms with Crippen molar-refractivity contribution in [3.63, 3.8) is 0 Å². The molecule has 6 nitrogen and oxygen atoms in total. The number of nitrogens with one attached hydrogen (secondary N) is 1. The van der Waals surface area contributed by atoms with Gasteiger partial charge in [-0.15, -0.1) is 11.3 Å². The number of carbonyl (C=O) groups is 1. The van der Waals surface area contributed by atoms with Crippen LogP contribution in [0.5, 0.6) is 0 Å². The van der Waals surface area contributed by atoms with Gasteiger partial charge in [0.25, 0.3) is 11.5 Å². The van der Waals surface area contributed by atoms with E-state index in [2.05, 4.69) is 5.32 Å². The maximum absolute atomic E-state index is 13.5. The molecule has 1 amide bonds. The molecule has 2 rings (SSSR count). The fraction of sp³-hybridized carbons (Fsp3) is 0.143. The van der Waals surface area contributed by atoms with Crippen LogP contribution in [0.15, 0.2) is 23.1 Å². The van der Waals surface area contributed by atoms with Crippen molar-refractivity contribution in [3.05, 3.63) is 49.8 Å². The number of nitriles is 2. The van der Waals surface area contributed by atoms with E-state index in [0.29, 0.717) is 0 Å². The van der Waals surface area contributed by atoms with Gasteiger partial charge in [0, 0.05) is 12.3 Å². The molecule has 2 heterocycles. The van der Waals surface area contributed by atoms with Gasteiger partial charge in [-0.2, -0.15) is 10.5 Å². The van der Waals surface area contributed by atoms with Crippen molar-refractivity contribution in [2.75, 3.05) is 12.0 Å². The van der Waals surface area contributed by atoms with Gasteiger partial charge in [0.2, 0.25) is 0 Å². The van der Waals surface area contributed by atoms with E-state index in [-0.39, 0.29) is 27.5 Å². The first-order valence-corrected chi connectivity index (χ1v) is 7.03. The average molecular weight is 334 g/mol. The lowest BCUT2D eigenvalue weighted by molar-refractivity contribution is 0.103. The number of aryl methyl sites for hydroxylation is 1. The third kappa shape index (κ3) is 3.42. The summed E-state index contributed by atoms with van der Waals surface area (Å²) in [7, 11) is 0. The number of pyridine rings is 1. The molecule has 0 aliphatic rings. The number of halogens is 2. The fourth-order valence-corrected chi connectivity index (χ4v) is 2.59. The van der Waals surface area contributed by atoms with Crippen LogP contribution in [0.1, 0.15) is 20.1 Å². The largest absolute Gasteiger partial charge is 0.320 e. The molecule has 0 saturated heterocycles. The van der Waals surface area contributed by atoms with Gasteiger partial charge in [-0.25, -0.2) is 8.78 Å². The van der Waals surface area contributed by atoms with Crippen LogP contribution in [0.25, 0.3) is 0 Å². The molecule has 0 radical (unpaired) electrons. The molecule has 0 spiro atoms. The summed E-state index contributed by atoms with van der Waals surface area (Å²) in [6.07, 6.45) is 1.12. The molecule has 0 aliphatic heterocycles. The van der Waals surface area contributed by atoms with Crippen molar-refractivity contribution < 1.29 is 13.6 Å². The van der Waals surface area contributed by atoms with Crippen LogP contribution >= 0.6 is 11.3 Å². The third-order valence-corrected chi connectivity index (χ3v) is 3.84. The van der Waals surface area contributed by atoms with Crippen LogP contribution in [0.2, 0.25) is 0 Å². The highest BCUT2D eigenvalue weighted by Gasteiger charge is 2.16.